The van der Waals surface area contributed by atoms with Gasteiger partial charge >= 0.3 is 0 Å². The average molecular weight is 254 g/mol. The molecule has 2 rings (SSSR count). The molecule has 0 radical (unpaired) electrons. The molecule has 0 spiro atoms. The van der Waals surface area contributed by atoms with E-state index in [0.717, 1.165) is 13.2 Å². The Morgan fingerprint density at radius 1 is 1.28 bits per heavy atom. The Bertz CT molecular complexity index is 237. The zero-order valence-electron chi connectivity index (χ0n) is 12.2. The first kappa shape index (κ1) is 14.3. The first-order valence-corrected chi connectivity index (χ1v) is 7.80. The van der Waals surface area contributed by atoms with Gasteiger partial charge in [0.2, 0.25) is 0 Å². The number of hydrogen-bond donors (Lipinski definition) is 1. The minimum Gasteiger partial charge on any atom is -0.377 e. The molecule has 0 saturated carbocycles. The van der Waals surface area contributed by atoms with Crippen molar-refractivity contribution in [2.45, 2.75) is 64.5 Å². The van der Waals surface area contributed by atoms with Crippen molar-refractivity contribution in [2.24, 2.45) is 11.1 Å². The van der Waals surface area contributed by atoms with E-state index in [4.69, 9.17) is 10.5 Å². The number of ether oxygens (including phenoxy) is 1. The monoisotopic (exact) mass is 254 g/mol. The van der Waals surface area contributed by atoms with Crippen LogP contribution >= 0.6 is 0 Å². The summed E-state index contributed by atoms with van der Waals surface area (Å²) in [6.07, 6.45) is 8.13. The number of nitrogens with two attached hydrogens (primary N) is 1. The fourth-order valence-corrected chi connectivity index (χ4v) is 3.73. The highest BCUT2D eigenvalue weighted by Crippen LogP contribution is 2.38. The van der Waals surface area contributed by atoms with Gasteiger partial charge in [0, 0.05) is 19.2 Å². The lowest BCUT2D eigenvalue weighted by molar-refractivity contribution is -0.00441. The topological polar surface area (TPSA) is 38.5 Å². The minimum absolute atomic E-state index is 0.394. The van der Waals surface area contributed by atoms with Crippen LogP contribution in [0.1, 0.15) is 52.4 Å². The third-order valence-electron chi connectivity index (χ3n) is 5.46. The quantitative estimate of drug-likeness (QED) is 0.819. The molecule has 0 bridgehead atoms. The molecule has 0 aromatic rings. The first-order valence-electron chi connectivity index (χ1n) is 7.80. The van der Waals surface area contributed by atoms with E-state index in [1.807, 2.05) is 0 Å². The molecular formula is C15H30N2O. The summed E-state index contributed by atoms with van der Waals surface area (Å²) in [6, 6.07) is 0.458. The van der Waals surface area contributed by atoms with E-state index in [1.165, 1.54) is 51.6 Å². The largest absolute Gasteiger partial charge is 0.377 e. The second-order valence-electron chi connectivity index (χ2n) is 6.10. The van der Waals surface area contributed by atoms with Crippen molar-refractivity contribution in [3.63, 3.8) is 0 Å². The van der Waals surface area contributed by atoms with Crippen molar-refractivity contribution in [3.05, 3.63) is 0 Å². The summed E-state index contributed by atoms with van der Waals surface area (Å²) in [6.45, 7) is 8.80. The van der Waals surface area contributed by atoms with Crippen molar-refractivity contribution in [3.8, 4) is 0 Å². The normalized spacial score (nSPS) is 30.5. The Labute approximate surface area is 112 Å². The summed E-state index contributed by atoms with van der Waals surface area (Å²) in [7, 11) is 0. The van der Waals surface area contributed by atoms with Gasteiger partial charge in [-0.3, -0.25) is 4.90 Å². The lowest BCUT2D eigenvalue weighted by atomic mass is 9.74. The summed E-state index contributed by atoms with van der Waals surface area (Å²) in [4.78, 5) is 2.60. The van der Waals surface area contributed by atoms with Crippen molar-refractivity contribution in [1.29, 1.82) is 0 Å². The summed E-state index contributed by atoms with van der Waals surface area (Å²) in [5.74, 6) is 0. The van der Waals surface area contributed by atoms with Crippen molar-refractivity contribution >= 4 is 0 Å². The molecule has 2 heterocycles. The van der Waals surface area contributed by atoms with Crippen LogP contribution in [-0.4, -0.2) is 43.3 Å². The molecule has 2 fully saturated rings. The molecule has 106 valence electrons. The molecule has 2 aliphatic heterocycles. The third kappa shape index (κ3) is 2.89. The van der Waals surface area contributed by atoms with Gasteiger partial charge in [-0.1, -0.05) is 26.7 Å². The zero-order chi connectivity index (χ0) is 13.0. The fourth-order valence-electron chi connectivity index (χ4n) is 3.73. The van der Waals surface area contributed by atoms with Gasteiger partial charge in [0.05, 0.1) is 6.10 Å². The molecule has 3 heteroatoms. The van der Waals surface area contributed by atoms with Crippen molar-refractivity contribution < 1.29 is 4.74 Å². The Kier molecular flexibility index (Phi) is 5.05. The highest BCUT2D eigenvalue weighted by atomic mass is 16.5. The average Bonchev–Trinajstić information content (AvgIpc) is 2.95. The lowest BCUT2D eigenvalue weighted by Crippen LogP contribution is -2.52. The SMILES string of the molecule is CCC1(CC)CCN(C(CN)C2CCCO2)CC1. The molecule has 18 heavy (non-hydrogen) atoms. The molecule has 0 aromatic carbocycles. The second-order valence-corrected chi connectivity index (χ2v) is 6.10. The second kappa shape index (κ2) is 6.36. The molecule has 2 N–H and O–H groups in total. The summed E-state index contributed by atoms with van der Waals surface area (Å²) >= 11 is 0. The van der Waals surface area contributed by atoms with E-state index in [0.29, 0.717) is 17.6 Å². The van der Waals surface area contributed by atoms with Crippen LogP contribution in [0, 0.1) is 5.41 Å². The first-order chi connectivity index (χ1) is 8.74. The van der Waals surface area contributed by atoms with E-state index in [-0.39, 0.29) is 0 Å². The number of piperidine rings is 1. The lowest BCUT2D eigenvalue weighted by Gasteiger charge is -2.45. The highest BCUT2D eigenvalue weighted by molar-refractivity contribution is 4.90. The summed E-state index contributed by atoms with van der Waals surface area (Å²) < 4.78 is 5.84. The van der Waals surface area contributed by atoms with E-state index in [9.17, 15) is 0 Å². The highest BCUT2D eigenvalue weighted by Gasteiger charge is 2.36. The fraction of sp³-hybridized carbons (Fsp3) is 1.00. The number of hydrogen-bond acceptors (Lipinski definition) is 3. The summed E-state index contributed by atoms with van der Waals surface area (Å²) in [5, 5.41) is 0. The van der Waals surface area contributed by atoms with Gasteiger partial charge in [0.15, 0.2) is 0 Å². The molecule has 2 atom stereocenters. The van der Waals surface area contributed by atoms with Crippen LogP contribution in [0.4, 0.5) is 0 Å². The van der Waals surface area contributed by atoms with Gasteiger partial charge in [0.25, 0.3) is 0 Å². The molecule has 2 saturated heterocycles. The van der Waals surface area contributed by atoms with Gasteiger partial charge in [-0.15, -0.1) is 0 Å². The maximum absolute atomic E-state index is 5.99. The van der Waals surface area contributed by atoms with Crippen LogP contribution in [0.2, 0.25) is 0 Å². The predicted molar refractivity (Wildman–Crippen MR) is 75.6 cm³/mol. The van der Waals surface area contributed by atoms with E-state index >= 15 is 0 Å². The van der Waals surface area contributed by atoms with E-state index in [2.05, 4.69) is 18.7 Å². The van der Waals surface area contributed by atoms with Crippen LogP contribution in [0.15, 0.2) is 0 Å². The number of rotatable bonds is 5. The van der Waals surface area contributed by atoms with Crippen LogP contribution < -0.4 is 5.73 Å². The summed E-state index contributed by atoms with van der Waals surface area (Å²) in [5.41, 5.74) is 6.60. The van der Waals surface area contributed by atoms with Gasteiger partial charge < -0.3 is 10.5 Å². The molecule has 0 amide bonds. The Morgan fingerprint density at radius 3 is 2.39 bits per heavy atom. The Balaban J connectivity index is 1.90. The van der Waals surface area contributed by atoms with E-state index < -0.39 is 0 Å². The minimum atomic E-state index is 0.394. The molecule has 3 nitrogen and oxygen atoms in total. The van der Waals surface area contributed by atoms with Gasteiger partial charge in [0.1, 0.15) is 0 Å². The zero-order valence-corrected chi connectivity index (χ0v) is 12.2. The Hall–Kier alpha value is -0.120. The molecule has 2 unspecified atom stereocenters. The molecular weight excluding hydrogens is 224 g/mol. The molecule has 0 aromatic heterocycles. The van der Waals surface area contributed by atoms with Gasteiger partial charge in [-0.2, -0.15) is 0 Å². The van der Waals surface area contributed by atoms with Crippen LogP contribution in [0.3, 0.4) is 0 Å². The smallest absolute Gasteiger partial charge is 0.0743 e. The molecule has 2 aliphatic rings. The van der Waals surface area contributed by atoms with Gasteiger partial charge in [-0.05, 0) is 44.2 Å². The maximum Gasteiger partial charge on any atom is 0.0743 e. The Morgan fingerprint density at radius 2 is 1.94 bits per heavy atom. The predicted octanol–water partition coefficient (Wildman–Crippen LogP) is 2.39. The number of nitrogens with zero attached hydrogens (tertiary/aromatic N) is 1. The van der Waals surface area contributed by atoms with E-state index in [1.54, 1.807) is 0 Å². The van der Waals surface area contributed by atoms with Crippen LogP contribution in [0.25, 0.3) is 0 Å². The van der Waals surface area contributed by atoms with Crippen LogP contribution in [-0.2, 0) is 4.74 Å². The molecule has 0 aliphatic carbocycles. The third-order valence-corrected chi connectivity index (χ3v) is 5.46. The number of likely N-dealkylation sites (tertiary alicyclic amines) is 1. The van der Waals surface area contributed by atoms with Gasteiger partial charge in [-0.25, -0.2) is 0 Å². The van der Waals surface area contributed by atoms with Crippen molar-refractivity contribution in [2.75, 3.05) is 26.2 Å². The van der Waals surface area contributed by atoms with Crippen molar-refractivity contribution in [1.82, 2.24) is 4.90 Å². The maximum atomic E-state index is 5.99. The van der Waals surface area contributed by atoms with Crippen LogP contribution in [0.5, 0.6) is 0 Å². The standard InChI is InChI=1S/C15H30N2O/c1-3-15(4-2)7-9-17(10-8-15)13(12-16)14-6-5-11-18-14/h13-14H,3-12,16H2,1-2H3.